The van der Waals surface area contributed by atoms with E-state index < -0.39 is 5.97 Å². The smallest absolute Gasteiger partial charge is 0.320 e. The Labute approximate surface area is 90.3 Å². The lowest BCUT2D eigenvalue weighted by Crippen LogP contribution is -2.50. The fourth-order valence-corrected chi connectivity index (χ4v) is 2.00. The van der Waals surface area contributed by atoms with Crippen molar-refractivity contribution in [2.75, 3.05) is 0 Å². The predicted molar refractivity (Wildman–Crippen MR) is 56.1 cm³/mol. The van der Waals surface area contributed by atoms with Crippen molar-refractivity contribution in [3.05, 3.63) is 34.3 Å². The van der Waals surface area contributed by atoms with Crippen LogP contribution in [0.3, 0.4) is 0 Å². The number of hydrogen-bond donors (Lipinski definition) is 2. The molecule has 2 rings (SSSR count). The Hall–Kier alpha value is -0.870. The van der Waals surface area contributed by atoms with E-state index in [1.54, 1.807) is 0 Å². The minimum absolute atomic E-state index is 0.189. The first-order valence-corrected chi connectivity index (χ1v) is 5.20. The van der Waals surface area contributed by atoms with E-state index in [0.717, 1.165) is 10.0 Å². The molecule has 0 bridgehead atoms. The summed E-state index contributed by atoms with van der Waals surface area (Å²) in [5.74, 6) is -0.767. The summed E-state index contributed by atoms with van der Waals surface area (Å²) in [7, 11) is 0. The van der Waals surface area contributed by atoms with E-state index in [9.17, 15) is 4.79 Å². The number of carbonyl (C=O) groups is 1. The van der Waals surface area contributed by atoms with Crippen LogP contribution in [0.1, 0.15) is 18.0 Å². The average molecular weight is 256 g/mol. The molecular formula is C10H10BrNO2. The molecule has 0 saturated carbocycles. The molecule has 1 aliphatic heterocycles. The summed E-state index contributed by atoms with van der Waals surface area (Å²) in [5.41, 5.74) is 1.14. The molecule has 1 saturated heterocycles. The van der Waals surface area contributed by atoms with Gasteiger partial charge in [0.15, 0.2) is 0 Å². The highest BCUT2D eigenvalue weighted by Gasteiger charge is 2.34. The van der Waals surface area contributed by atoms with Gasteiger partial charge >= 0.3 is 5.97 Å². The van der Waals surface area contributed by atoms with Gasteiger partial charge in [0.25, 0.3) is 0 Å². The number of hydrogen-bond acceptors (Lipinski definition) is 2. The molecule has 3 nitrogen and oxygen atoms in total. The van der Waals surface area contributed by atoms with E-state index >= 15 is 0 Å². The Kier molecular flexibility index (Phi) is 2.56. The molecule has 1 aromatic carbocycles. The fraction of sp³-hybridized carbons (Fsp3) is 0.300. The largest absolute Gasteiger partial charge is 0.480 e. The van der Waals surface area contributed by atoms with Gasteiger partial charge in [-0.05, 0) is 24.1 Å². The van der Waals surface area contributed by atoms with Gasteiger partial charge in [0.2, 0.25) is 0 Å². The topological polar surface area (TPSA) is 49.3 Å². The lowest BCUT2D eigenvalue weighted by Gasteiger charge is -2.34. The maximum absolute atomic E-state index is 10.6. The van der Waals surface area contributed by atoms with Crippen molar-refractivity contribution in [2.24, 2.45) is 0 Å². The zero-order valence-corrected chi connectivity index (χ0v) is 8.99. The monoisotopic (exact) mass is 255 g/mol. The second-order valence-electron chi connectivity index (χ2n) is 3.40. The molecule has 1 aliphatic rings. The summed E-state index contributed by atoms with van der Waals surface area (Å²) in [5, 5.41) is 11.7. The lowest BCUT2D eigenvalue weighted by molar-refractivity contribution is -0.142. The van der Waals surface area contributed by atoms with Crippen LogP contribution in [0.2, 0.25) is 0 Å². The highest BCUT2D eigenvalue weighted by molar-refractivity contribution is 9.10. The molecule has 1 heterocycles. The summed E-state index contributed by atoms with van der Waals surface area (Å²) in [6.07, 6.45) is 0.672. The third-order valence-electron chi connectivity index (χ3n) is 2.42. The molecular weight excluding hydrogens is 246 g/mol. The summed E-state index contributed by atoms with van der Waals surface area (Å²) in [6.45, 7) is 0. The van der Waals surface area contributed by atoms with Crippen LogP contribution in [0.15, 0.2) is 28.7 Å². The van der Waals surface area contributed by atoms with Gasteiger partial charge in [-0.1, -0.05) is 28.1 Å². The van der Waals surface area contributed by atoms with Crippen LogP contribution < -0.4 is 5.32 Å². The molecule has 0 spiro atoms. The Morgan fingerprint density at radius 2 is 2.29 bits per heavy atom. The second-order valence-corrected chi connectivity index (χ2v) is 4.32. The third-order valence-corrected chi connectivity index (χ3v) is 2.92. The molecule has 4 heteroatoms. The zero-order valence-electron chi connectivity index (χ0n) is 7.40. The van der Waals surface area contributed by atoms with Gasteiger partial charge in [-0.3, -0.25) is 10.1 Å². The lowest BCUT2D eigenvalue weighted by atomic mass is 9.91. The van der Waals surface area contributed by atoms with Gasteiger partial charge in [-0.2, -0.15) is 0 Å². The molecule has 2 N–H and O–H groups in total. The average Bonchev–Trinajstić information content (AvgIpc) is 2.00. The fourth-order valence-electron chi connectivity index (χ4n) is 1.58. The van der Waals surface area contributed by atoms with Crippen LogP contribution in [0.4, 0.5) is 0 Å². The number of carboxylic acids is 1. The Balaban J connectivity index is 2.03. The van der Waals surface area contributed by atoms with Crippen LogP contribution in [0.25, 0.3) is 0 Å². The van der Waals surface area contributed by atoms with Crippen LogP contribution in [-0.2, 0) is 4.79 Å². The minimum atomic E-state index is -0.767. The molecule has 0 aromatic heterocycles. The van der Waals surface area contributed by atoms with Crippen LogP contribution in [0.5, 0.6) is 0 Å². The Morgan fingerprint density at radius 3 is 2.86 bits per heavy atom. The molecule has 14 heavy (non-hydrogen) atoms. The van der Waals surface area contributed by atoms with Gasteiger partial charge in [0.1, 0.15) is 6.04 Å². The minimum Gasteiger partial charge on any atom is -0.480 e. The standard InChI is InChI=1S/C10H10BrNO2/c11-7-3-1-2-6(4-7)8-5-9(12-8)10(13)14/h1-4,8-9,12H,5H2,(H,13,14). The van der Waals surface area contributed by atoms with Gasteiger partial charge in [-0.15, -0.1) is 0 Å². The number of benzene rings is 1. The van der Waals surface area contributed by atoms with Gasteiger partial charge < -0.3 is 5.11 Å². The normalized spacial score (nSPS) is 25.5. The molecule has 0 aliphatic carbocycles. The third kappa shape index (κ3) is 1.81. The van der Waals surface area contributed by atoms with Crippen molar-refractivity contribution in [3.63, 3.8) is 0 Å². The number of rotatable bonds is 2. The summed E-state index contributed by atoms with van der Waals surface area (Å²) < 4.78 is 1.02. The zero-order chi connectivity index (χ0) is 10.1. The van der Waals surface area contributed by atoms with Gasteiger partial charge in [0.05, 0.1) is 0 Å². The van der Waals surface area contributed by atoms with Crippen LogP contribution >= 0.6 is 15.9 Å². The quantitative estimate of drug-likeness (QED) is 0.850. The van der Waals surface area contributed by atoms with Crippen molar-refractivity contribution >= 4 is 21.9 Å². The maximum atomic E-state index is 10.6. The number of nitrogens with one attached hydrogen (secondary N) is 1. The van der Waals surface area contributed by atoms with E-state index in [2.05, 4.69) is 21.2 Å². The number of halogens is 1. The highest BCUT2D eigenvalue weighted by atomic mass is 79.9. The van der Waals surface area contributed by atoms with Crippen molar-refractivity contribution in [1.82, 2.24) is 5.32 Å². The molecule has 0 radical (unpaired) electrons. The summed E-state index contributed by atoms with van der Waals surface area (Å²) in [6, 6.07) is 7.73. The van der Waals surface area contributed by atoms with Crippen molar-refractivity contribution < 1.29 is 9.90 Å². The van der Waals surface area contributed by atoms with E-state index in [1.165, 1.54) is 0 Å². The molecule has 0 amide bonds. The maximum Gasteiger partial charge on any atom is 0.320 e. The molecule has 2 atom stereocenters. The van der Waals surface area contributed by atoms with E-state index in [4.69, 9.17) is 5.11 Å². The van der Waals surface area contributed by atoms with E-state index in [1.807, 2.05) is 24.3 Å². The number of carboxylic acid groups (broad SMARTS) is 1. The Bertz CT molecular complexity index is 361. The van der Waals surface area contributed by atoms with E-state index in [-0.39, 0.29) is 12.1 Å². The predicted octanol–water partition coefficient (Wildman–Crippen LogP) is 1.94. The molecule has 74 valence electrons. The Morgan fingerprint density at radius 1 is 1.57 bits per heavy atom. The SMILES string of the molecule is O=C(O)C1CC(c2cccc(Br)c2)N1. The van der Waals surface area contributed by atoms with Crippen LogP contribution in [0, 0.1) is 0 Å². The van der Waals surface area contributed by atoms with Gasteiger partial charge in [0, 0.05) is 10.5 Å². The van der Waals surface area contributed by atoms with Crippen LogP contribution in [-0.4, -0.2) is 17.1 Å². The number of aliphatic carboxylic acids is 1. The first-order chi connectivity index (χ1) is 6.66. The summed E-state index contributed by atoms with van der Waals surface area (Å²) >= 11 is 3.38. The first-order valence-electron chi connectivity index (χ1n) is 4.41. The molecule has 1 aromatic rings. The van der Waals surface area contributed by atoms with Crippen molar-refractivity contribution in [1.29, 1.82) is 0 Å². The van der Waals surface area contributed by atoms with E-state index in [0.29, 0.717) is 6.42 Å². The second kappa shape index (κ2) is 3.71. The van der Waals surface area contributed by atoms with Crippen molar-refractivity contribution in [2.45, 2.75) is 18.5 Å². The highest BCUT2D eigenvalue weighted by Crippen LogP contribution is 2.29. The van der Waals surface area contributed by atoms with Gasteiger partial charge in [-0.25, -0.2) is 0 Å². The molecule has 1 fully saturated rings. The van der Waals surface area contributed by atoms with Crippen molar-refractivity contribution in [3.8, 4) is 0 Å². The summed E-state index contributed by atoms with van der Waals surface area (Å²) in [4.78, 5) is 10.6. The molecule has 2 unspecified atom stereocenters. The first kappa shape index (κ1) is 9.68.